The quantitative estimate of drug-likeness (QED) is 0.110. The number of nitrogens with two attached hydrogens (primary N) is 2. The fourth-order valence-electron chi connectivity index (χ4n) is 5.04. The molecule has 2 aliphatic rings. The number of aromatic nitrogens is 8. The fraction of sp³-hybridized carbons (Fsp3) is 0.500. The summed E-state index contributed by atoms with van der Waals surface area (Å²) in [6.45, 7) is -2.25. The minimum atomic E-state index is -5.52. The van der Waals surface area contributed by atoms with E-state index >= 15 is 13.2 Å². The van der Waals surface area contributed by atoms with Gasteiger partial charge in [0, 0.05) is 0 Å². The van der Waals surface area contributed by atoms with Crippen LogP contribution in [0.4, 0.5) is 24.9 Å². The zero-order valence-electron chi connectivity index (χ0n) is 22.7. The molecule has 2 saturated heterocycles. The van der Waals surface area contributed by atoms with Crippen molar-refractivity contribution in [2.24, 2.45) is 0 Å². The SMILES string of the molecule is Nc1nc2c(ncn2[C@@H]2O[C@H](CO)C(F)(F)[C@H]2OP(=O)(O)OC[C@H]2O[C@@H](n3cnc4c(N)ncnc43)[C@@H](F)[C@@H]2O[PH](O)=S)c(=O)[nH]1. The lowest BCUT2D eigenvalue weighted by molar-refractivity contribution is -0.123. The van der Waals surface area contributed by atoms with Crippen LogP contribution in [0.25, 0.3) is 22.3 Å². The summed E-state index contributed by atoms with van der Waals surface area (Å²) in [5.74, 6) is -4.54. The first-order valence-corrected chi connectivity index (χ1v) is 16.8. The van der Waals surface area contributed by atoms with Crippen molar-refractivity contribution in [2.45, 2.75) is 49.0 Å². The van der Waals surface area contributed by atoms with Gasteiger partial charge in [-0.25, -0.2) is 37.7 Å². The topological polar surface area (TPSA) is 283 Å². The molecule has 2 fully saturated rings. The molecule has 0 amide bonds. The van der Waals surface area contributed by atoms with Crippen molar-refractivity contribution >= 4 is 60.9 Å². The molecule has 0 bridgehead atoms. The summed E-state index contributed by atoms with van der Waals surface area (Å²) < 4.78 is 87.3. The van der Waals surface area contributed by atoms with Crippen LogP contribution in [0, 0.1) is 0 Å². The van der Waals surface area contributed by atoms with E-state index in [1.165, 1.54) is 0 Å². The number of anilines is 2. The number of nitrogens with one attached hydrogen (secondary N) is 1. The van der Waals surface area contributed by atoms with Crippen LogP contribution in [0.3, 0.4) is 0 Å². The van der Waals surface area contributed by atoms with Crippen molar-refractivity contribution < 1.29 is 55.7 Å². The van der Waals surface area contributed by atoms with Crippen molar-refractivity contribution in [3.8, 4) is 0 Å². The molecule has 20 nitrogen and oxygen atoms in total. The Balaban J connectivity index is 1.25. The third-order valence-electron chi connectivity index (χ3n) is 7.08. The van der Waals surface area contributed by atoms with Crippen molar-refractivity contribution in [3.63, 3.8) is 0 Å². The van der Waals surface area contributed by atoms with E-state index in [2.05, 4.69) is 41.7 Å². The zero-order chi connectivity index (χ0) is 33.1. The average molecular weight is 714 g/mol. The van der Waals surface area contributed by atoms with Crippen LogP contribution >= 0.6 is 15.0 Å². The molecule has 0 aliphatic carbocycles. The Morgan fingerprint density at radius 3 is 2.52 bits per heavy atom. The lowest BCUT2D eigenvalue weighted by Gasteiger charge is -2.26. The number of alkyl halides is 3. The largest absolute Gasteiger partial charge is 0.472 e. The number of rotatable bonds is 10. The van der Waals surface area contributed by atoms with Crippen LogP contribution in [0.1, 0.15) is 12.5 Å². The summed E-state index contributed by atoms with van der Waals surface area (Å²) in [4.78, 5) is 54.1. The Morgan fingerprint density at radius 2 is 1.83 bits per heavy atom. The number of aromatic amines is 1. The second kappa shape index (κ2) is 12.1. The van der Waals surface area contributed by atoms with E-state index in [1.54, 1.807) is 0 Å². The molecule has 8 N–H and O–H groups in total. The molecule has 4 aromatic heterocycles. The van der Waals surface area contributed by atoms with Crippen LogP contribution in [0.5, 0.6) is 0 Å². The van der Waals surface area contributed by atoms with E-state index in [-0.39, 0.29) is 28.1 Å². The number of nitrogens with zero attached hydrogens (tertiary/aromatic N) is 7. The molecule has 6 heterocycles. The molecule has 2 unspecified atom stereocenters. The van der Waals surface area contributed by atoms with Gasteiger partial charge in [0.05, 0.1) is 25.9 Å². The van der Waals surface area contributed by atoms with E-state index in [1.807, 2.05) is 0 Å². The third-order valence-corrected chi connectivity index (χ3v) is 8.81. The van der Waals surface area contributed by atoms with E-state index in [4.69, 9.17) is 34.5 Å². The highest BCUT2D eigenvalue weighted by Gasteiger charge is 2.63. The minimum Gasteiger partial charge on any atom is -0.393 e. The molecule has 250 valence electrons. The molecule has 2 aliphatic heterocycles. The first-order valence-electron chi connectivity index (χ1n) is 12.9. The molecule has 46 heavy (non-hydrogen) atoms. The number of halogens is 3. The number of hydrogen-bond acceptors (Lipinski definition) is 16. The Bertz CT molecular complexity index is 1920. The number of imidazole rings is 2. The first kappa shape index (κ1) is 32.8. The van der Waals surface area contributed by atoms with Gasteiger partial charge in [-0.15, -0.1) is 0 Å². The van der Waals surface area contributed by atoms with Crippen LogP contribution in [0.2, 0.25) is 0 Å². The van der Waals surface area contributed by atoms with Crippen LogP contribution < -0.4 is 17.0 Å². The number of nitrogen functional groups attached to an aromatic ring is 2. The predicted octanol–water partition coefficient (Wildman–Crippen LogP) is -0.730. The predicted molar refractivity (Wildman–Crippen MR) is 150 cm³/mol. The van der Waals surface area contributed by atoms with E-state index in [0.717, 1.165) is 28.1 Å². The van der Waals surface area contributed by atoms with Gasteiger partial charge in [0.15, 0.2) is 54.5 Å². The molecule has 0 saturated carbocycles. The Labute approximate surface area is 258 Å². The Hall–Kier alpha value is -3.15. The lowest BCUT2D eigenvalue weighted by atomic mass is 10.1. The maximum Gasteiger partial charge on any atom is 0.472 e. The van der Waals surface area contributed by atoms with Gasteiger partial charge < -0.3 is 40.4 Å². The van der Waals surface area contributed by atoms with E-state index in [9.17, 15) is 24.3 Å². The van der Waals surface area contributed by atoms with Gasteiger partial charge in [0.1, 0.15) is 30.2 Å². The number of phosphoric ester groups is 1. The lowest BCUT2D eigenvalue weighted by Crippen LogP contribution is -2.42. The second-order valence-electron chi connectivity index (χ2n) is 9.88. The summed E-state index contributed by atoms with van der Waals surface area (Å²) in [6, 6.07) is 0. The number of aliphatic hydroxyl groups excluding tert-OH is 1. The summed E-state index contributed by atoms with van der Waals surface area (Å²) >= 11 is 4.68. The normalized spacial score (nSPS) is 29.8. The molecule has 0 aromatic carbocycles. The van der Waals surface area contributed by atoms with Gasteiger partial charge in [-0.3, -0.25) is 28.0 Å². The van der Waals surface area contributed by atoms with Crippen LogP contribution in [-0.2, 0) is 39.4 Å². The van der Waals surface area contributed by atoms with Gasteiger partial charge in [0.2, 0.25) is 5.95 Å². The summed E-state index contributed by atoms with van der Waals surface area (Å²) in [6.07, 6.45) is -10.6. The summed E-state index contributed by atoms with van der Waals surface area (Å²) in [7, 11) is -8.51. The van der Waals surface area contributed by atoms with Gasteiger partial charge in [-0.1, -0.05) is 0 Å². The third kappa shape index (κ3) is 5.79. The molecular weight excluding hydrogens is 691 g/mol. The Morgan fingerprint density at radius 1 is 1.13 bits per heavy atom. The standard InChI is InChI=1S/C20H23F3N10O10P2S/c21-8-11(42-44(36)46)6(40-17(8)32-4-28-9-13(24)26-3-27-14(9)32)2-39-45(37,38)43-12-18(41-7(1-34)20(12,22)23)33-5-29-10-15(33)30-19(25)31-16(10)35/h3-8,11-12,17-18,34,44H,1-2H2,(H,36,46)(H,37,38)(H2,24,26,27)(H3,25,30,31,35)/t6-,7-,8+,11-,12+,17-,18-/m1/s1. The smallest absolute Gasteiger partial charge is 0.393 e. The van der Waals surface area contributed by atoms with E-state index < -0.39 is 88.7 Å². The van der Waals surface area contributed by atoms with Crippen molar-refractivity contribution in [1.82, 2.24) is 39.0 Å². The molecule has 4 aromatic rings. The number of aliphatic hydroxyl groups is 1. The Kier molecular flexibility index (Phi) is 8.65. The van der Waals surface area contributed by atoms with Crippen LogP contribution in [0.15, 0.2) is 23.8 Å². The highest BCUT2D eigenvalue weighted by atomic mass is 32.4. The molecule has 9 atom stereocenters. The van der Waals surface area contributed by atoms with Crippen molar-refractivity contribution in [3.05, 3.63) is 29.3 Å². The van der Waals surface area contributed by atoms with Crippen LogP contribution in [-0.4, -0.2) is 104 Å². The van der Waals surface area contributed by atoms with Gasteiger partial charge in [-0.2, -0.15) is 4.98 Å². The number of fused-ring (bicyclic) bond motifs is 2. The van der Waals surface area contributed by atoms with Gasteiger partial charge in [0.25, 0.3) is 5.56 Å². The minimum absolute atomic E-state index is 0.0150. The maximum atomic E-state index is 15.7. The molecular formula is C20H23F3N10O10P2S. The molecule has 26 heteroatoms. The number of H-pyrrole nitrogens is 1. The molecule has 0 spiro atoms. The summed E-state index contributed by atoms with van der Waals surface area (Å²) in [5.41, 5.74) is 10.0. The van der Waals surface area contributed by atoms with Gasteiger partial charge >= 0.3 is 13.7 Å². The molecule has 6 rings (SSSR count). The fourth-order valence-corrected chi connectivity index (χ4v) is 6.81. The highest BCUT2D eigenvalue weighted by molar-refractivity contribution is 8.00. The first-order chi connectivity index (χ1) is 21.7. The second-order valence-corrected chi connectivity index (χ2v) is 13.1. The maximum absolute atomic E-state index is 15.7. The zero-order valence-corrected chi connectivity index (χ0v) is 25.4. The average Bonchev–Trinajstić information content (AvgIpc) is 3.72. The van der Waals surface area contributed by atoms with E-state index in [0.29, 0.717) is 0 Å². The van der Waals surface area contributed by atoms with Crippen molar-refractivity contribution in [1.29, 1.82) is 0 Å². The number of ether oxygens (including phenoxy) is 2. The van der Waals surface area contributed by atoms with Gasteiger partial charge in [-0.05, 0) is 11.8 Å². The molecule has 0 radical (unpaired) electrons. The highest BCUT2D eigenvalue weighted by Crippen LogP contribution is 2.54. The monoisotopic (exact) mass is 714 g/mol. The summed E-state index contributed by atoms with van der Waals surface area (Å²) in [5, 5.41) is 9.54. The number of hydrogen-bond donors (Lipinski definition) is 6. The van der Waals surface area contributed by atoms with Crippen molar-refractivity contribution in [2.75, 3.05) is 24.7 Å². The number of phosphoric acid groups is 1.